The molecule has 1 atom stereocenters. The molecule has 72 valence electrons. The Morgan fingerprint density at radius 2 is 2.31 bits per heavy atom. The van der Waals surface area contributed by atoms with E-state index < -0.39 is 5.60 Å². The Morgan fingerprint density at radius 3 is 2.77 bits per heavy atom. The van der Waals surface area contributed by atoms with Crippen molar-refractivity contribution in [3.63, 3.8) is 0 Å². The molecule has 1 aromatic heterocycles. The Balaban J connectivity index is 2.04. The van der Waals surface area contributed by atoms with Gasteiger partial charge in [0.1, 0.15) is 0 Å². The summed E-state index contributed by atoms with van der Waals surface area (Å²) in [6, 6.07) is 3.90. The number of hydrogen-bond donors (Lipinski definition) is 1. The van der Waals surface area contributed by atoms with E-state index in [1.807, 2.05) is 19.1 Å². The lowest BCUT2D eigenvalue weighted by molar-refractivity contribution is 0.0380. The number of hydrogen-bond acceptors (Lipinski definition) is 2. The summed E-state index contributed by atoms with van der Waals surface area (Å²) < 4.78 is 0.807. The van der Waals surface area contributed by atoms with Gasteiger partial charge in [-0.25, -0.2) is 0 Å². The number of halogens is 1. The van der Waals surface area contributed by atoms with Gasteiger partial charge >= 0.3 is 0 Å². The SMILES string of the molecule is CC(O)(Cc1ccc(Cl)s1)C1CC1. The average molecular weight is 217 g/mol. The monoisotopic (exact) mass is 216 g/mol. The van der Waals surface area contributed by atoms with Gasteiger partial charge in [-0.2, -0.15) is 0 Å². The highest BCUT2D eigenvalue weighted by molar-refractivity contribution is 7.16. The molecule has 1 aliphatic carbocycles. The van der Waals surface area contributed by atoms with Crippen LogP contribution < -0.4 is 0 Å². The molecule has 1 heterocycles. The molecule has 13 heavy (non-hydrogen) atoms. The maximum atomic E-state index is 10.1. The van der Waals surface area contributed by atoms with Gasteiger partial charge < -0.3 is 5.11 Å². The van der Waals surface area contributed by atoms with Gasteiger partial charge in [0.2, 0.25) is 0 Å². The number of thiophene rings is 1. The summed E-state index contributed by atoms with van der Waals surface area (Å²) in [6.45, 7) is 1.93. The van der Waals surface area contributed by atoms with E-state index in [0.717, 1.165) is 10.8 Å². The Morgan fingerprint density at radius 1 is 1.62 bits per heavy atom. The third kappa shape index (κ3) is 2.25. The maximum absolute atomic E-state index is 10.1. The molecular formula is C10H13ClOS. The van der Waals surface area contributed by atoms with E-state index in [1.54, 1.807) is 11.3 Å². The third-order valence-corrected chi connectivity index (χ3v) is 3.85. The Labute approximate surface area is 87.4 Å². The first kappa shape index (κ1) is 9.50. The third-order valence-electron chi connectivity index (χ3n) is 2.62. The highest BCUT2D eigenvalue weighted by Gasteiger charge is 2.39. The molecular weight excluding hydrogens is 204 g/mol. The van der Waals surface area contributed by atoms with Crippen LogP contribution in [-0.2, 0) is 6.42 Å². The summed E-state index contributed by atoms with van der Waals surface area (Å²) in [7, 11) is 0. The molecule has 0 spiro atoms. The van der Waals surface area contributed by atoms with Gasteiger partial charge in [0.15, 0.2) is 0 Å². The summed E-state index contributed by atoms with van der Waals surface area (Å²) in [6.07, 6.45) is 3.09. The highest BCUT2D eigenvalue weighted by atomic mass is 35.5. The molecule has 0 bridgehead atoms. The zero-order valence-electron chi connectivity index (χ0n) is 7.59. The van der Waals surface area contributed by atoms with Crippen LogP contribution in [0.2, 0.25) is 4.34 Å². The summed E-state index contributed by atoms with van der Waals surface area (Å²) in [5.74, 6) is 0.508. The molecule has 1 aliphatic rings. The molecule has 3 heteroatoms. The van der Waals surface area contributed by atoms with E-state index in [1.165, 1.54) is 17.7 Å². The summed E-state index contributed by atoms with van der Waals surface area (Å²) in [4.78, 5) is 1.18. The van der Waals surface area contributed by atoms with E-state index in [0.29, 0.717) is 5.92 Å². The minimum Gasteiger partial charge on any atom is -0.390 e. The van der Waals surface area contributed by atoms with Crippen LogP contribution in [-0.4, -0.2) is 10.7 Å². The molecule has 0 aliphatic heterocycles. The van der Waals surface area contributed by atoms with Crippen LogP contribution in [0, 0.1) is 5.92 Å². The first-order valence-electron chi connectivity index (χ1n) is 4.54. The van der Waals surface area contributed by atoms with Gasteiger partial charge in [-0.05, 0) is 37.8 Å². The van der Waals surface area contributed by atoms with Crippen molar-refractivity contribution in [2.24, 2.45) is 5.92 Å². The van der Waals surface area contributed by atoms with Crippen LogP contribution >= 0.6 is 22.9 Å². The van der Waals surface area contributed by atoms with Crippen LogP contribution in [0.4, 0.5) is 0 Å². The van der Waals surface area contributed by atoms with Gasteiger partial charge in [0.05, 0.1) is 9.94 Å². The lowest BCUT2D eigenvalue weighted by Crippen LogP contribution is -2.29. The van der Waals surface area contributed by atoms with E-state index in [4.69, 9.17) is 11.6 Å². The molecule has 1 N–H and O–H groups in total. The molecule has 1 nitrogen and oxygen atoms in total. The van der Waals surface area contributed by atoms with E-state index in [9.17, 15) is 5.11 Å². The van der Waals surface area contributed by atoms with Gasteiger partial charge in [-0.15, -0.1) is 11.3 Å². The molecule has 0 radical (unpaired) electrons. The smallest absolute Gasteiger partial charge is 0.0931 e. The van der Waals surface area contributed by atoms with Crippen molar-refractivity contribution in [2.75, 3.05) is 0 Å². The van der Waals surface area contributed by atoms with Crippen LogP contribution in [0.5, 0.6) is 0 Å². The Kier molecular flexibility index (Phi) is 2.39. The van der Waals surface area contributed by atoms with Gasteiger partial charge in [-0.3, -0.25) is 0 Å². The summed E-state index contributed by atoms with van der Waals surface area (Å²) in [5.41, 5.74) is -0.520. The van der Waals surface area contributed by atoms with Crippen molar-refractivity contribution in [2.45, 2.75) is 31.8 Å². The quantitative estimate of drug-likeness (QED) is 0.824. The molecule has 2 rings (SSSR count). The Hall–Kier alpha value is -0.0500. The topological polar surface area (TPSA) is 20.2 Å². The van der Waals surface area contributed by atoms with Crippen molar-refractivity contribution < 1.29 is 5.11 Å². The minimum absolute atomic E-state index is 0.508. The fraction of sp³-hybridized carbons (Fsp3) is 0.600. The number of rotatable bonds is 3. The Bertz CT molecular complexity index is 302. The predicted octanol–water partition coefficient (Wildman–Crippen LogP) is 3.11. The lowest BCUT2D eigenvalue weighted by Gasteiger charge is -2.21. The van der Waals surface area contributed by atoms with Crippen molar-refractivity contribution in [1.82, 2.24) is 0 Å². The van der Waals surface area contributed by atoms with Gasteiger partial charge in [0.25, 0.3) is 0 Å². The van der Waals surface area contributed by atoms with Gasteiger partial charge in [0, 0.05) is 11.3 Å². The van der Waals surface area contributed by atoms with E-state index >= 15 is 0 Å². The standard InChI is InChI=1S/C10H13ClOS/c1-10(12,7-2-3-7)6-8-4-5-9(11)13-8/h4-5,7,12H,2-3,6H2,1H3. The normalized spacial score (nSPS) is 21.5. The average Bonchev–Trinajstić information content (AvgIpc) is 2.78. The van der Waals surface area contributed by atoms with Crippen LogP contribution in [0.1, 0.15) is 24.6 Å². The molecule has 0 amide bonds. The first-order valence-corrected chi connectivity index (χ1v) is 5.74. The number of aliphatic hydroxyl groups is 1. The minimum atomic E-state index is -0.520. The van der Waals surface area contributed by atoms with Crippen LogP contribution in [0.25, 0.3) is 0 Å². The lowest BCUT2D eigenvalue weighted by atomic mass is 9.96. The second kappa shape index (κ2) is 3.26. The van der Waals surface area contributed by atoms with Crippen LogP contribution in [0.15, 0.2) is 12.1 Å². The van der Waals surface area contributed by atoms with Crippen molar-refractivity contribution in [1.29, 1.82) is 0 Å². The first-order chi connectivity index (χ1) is 6.08. The summed E-state index contributed by atoms with van der Waals surface area (Å²) in [5, 5.41) is 10.1. The van der Waals surface area contributed by atoms with Gasteiger partial charge in [-0.1, -0.05) is 11.6 Å². The molecule has 1 saturated carbocycles. The fourth-order valence-electron chi connectivity index (χ4n) is 1.65. The fourth-order valence-corrected chi connectivity index (χ4v) is 2.90. The predicted molar refractivity (Wildman–Crippen MR) is 56.4 cm³/mol. The highest BCUT2D eigenvalue weighted by Crippen LogP contribution is 2.42. The van der Waals surface area contributed by atoms with E-state index in [2.05, 4.69) is 0 Å². The second-order valence-electron chi connectivity index (χ2n) is 4.01. The zero-order valence-corrected chi connectivity index (χ0v) is 9.16. The van der Waals surface area contributed by atoms with E-state index in [-0.39, 0.29) is 0 Å². The largest absolute Gasteiger partial charge is 0.390 e. The molecule has 1 aromatic rings. The maximum Gasteiger partial charge on any atom is 0.0931 e. The molecule has 0 saturated heterocycles. The molecule has 1 unspecified atom stereocenters. The van der Waals surface area contributed by atoms with Crippen LogP contribution in [0.3, 0.4) is 0 Å². The molecule has 1 fully saturated rings. The zero-order chi connectivity index (χ0) is 9.47. The van der Waals surface area contributed by atoms with Crippen molar-refractivity contribution in [3.8, 4) is 0 Å². The molecule has 0 aromatic carbocycles. The second-order valence-corrected chi connectivity index (χ2v) is 5.81. The van der Waals surface area contributed by atoms with Crippen molar-refractivity contribution >= 4 is 22.9 Å². The summed E-state index contributed by atoms with van der Waals surface area (Å²) >= 11 is 7.39. The van der Waals surface area contributed by atoms with Crippen molar-refractivity contribution in [3.05, 3.63) is 21.3 Å².